The number of hydrogen-bond acceptors (Lipinski definition) is 1. The Morgan fingerprint density at radius 2 is 1.67 bits per heavy atom. The molecular formula is C8H16F3N. The molecule has 2 N–H and O–H groups in total. The molecule has 74 valence electrons. The van der Waals surface area contributed by atoms with Gasteiger partial charge < -0.3 is 5.73 Å². The van der Waals surface area contributed by atoms with Crippen molar-refractivity contribution in [1.29, 1.82) is 0 Å². The standard InChI is InChI=1S/C8H16F3N/c1-4-7(2,3)6(5-12)8(9,10)11/h6H,4-5,12H2,1-3H3. The molecule has 0 saturated carbocycles. The summed E-state index contributed by atoms with van der Waals surface area (Å²) < 4.78 is 37.0. The molecule has 0 saturated heterocycles. The zero-order valence-corrected chi connectivity index (χ0v) is 7.70. The van der Waals surface area contributed by atoms with Crippen molar-refractivity contribution >= 4 is 0 Å². The van der Waals surface area contributed by atoms with E-state index < -0.39 is 17.5 Å². The lowest BCUT2D eigenvalue weighted by atomic mass is 9.76. The highest BCUT2D eigenvalue weighted by atomic mass is 19.4. The molecule has 0 radical (unpaired) electrons. The molecule has 4 heteroatoms. The van der Waals surface area contributed by atoms with E-state index in [2.05, 4.69) is 0 Å². The van der Waals surface area contributed by atoms with Crippen LogP contribution in [-0.4, -0.2) is 12.7 Å². The molecule has 1 atom stereocenters. The molecule has 12 heavy (non-hydrogen) atoms. The Kier molecular flexibility index (Phi) is 3.57. The first-order valence-corrected chi connectivity index (χ1v) is 4.02. The van der Waals surface area contributed by atoms with Gasteiger partial charge >= 0.3 is 6.18 Å². The van der Waals surface area contributed by atoms with Crippen molar-refractivity contribution in [3.05, 3.63) is 0 Å². The second-order valence-corrected chi connectivity index (χ2v) is 3.67. The van der Waals surface area contributed by atoms with Crippen molar-refractivity contribution in [3.63, 3.8) is 0 Å². The van der Waals surface area contributed by atoms with E-state index in [1.54, 1.807) is 20.8 Å². The average molecular weight is 183 g/mol. The molecule has 0 bridgehead atoms. The first-order chi connectivity index (χ1) is 5.25. The molecule has 1 nitrogen and oxygen atoms in total. The van der Waals surface area contributed by atoms with Crippen LogP contribution in [0, 0.1) is 11.3 Å². The molecule has 0 aromatic rings. The quantitative estimate of drug-likeness (QED) is 0.715. The molecule has 0 fully saturated rings. The number of halogens is 3. The minimum atomic E-state index is -4.17. The summed E-state index contributed by atoms with van der Waals surface area (Å²) in [5.74, 6) is -1.39. The van der Waals surface area contributed by atoms with Crippen LogP contribution in [0.3, 0.4) is 0 Å². The SMILES string of the molecule is CCC(C)(C)C(CN)C(F)(F)F. The predicted molar refractivity (Wildman–Crippen MR) is 42.7 cm³/mol. The van der Waals surface area contributed by atoms with Crippen LogP contribution in [0.25, 0.3) is 0 Å². The summed E-state index contributed by atoms with van der Waals surface area (Å²) in [5.41, 5.74) is 4.34. The van der Waals surface area contributed by atoms with Gasteiger partial charge in [-0.05, 0) is 5.41 Å². The Hall–Kier alpha value is -0.250. The van der Waals surface area contributed by atoms with E-state index in [1.807, 2.05) is 0 Å². The van der Waals surface area contributed by atoms with Crippen LogP contribution in [0.15, 0.2) is 0 Å². The minimum Gasteiger partial charge on any atom is -0.330 e. The van der Waals surface area contributed by atoms with E-state index in [9.17, 15) is 13.2 Å². The molecule has 0 rings (SSSR count). The molecule has 0 aliphatic carbocycles. The maximum absolute atomic E-state index is 12.3. The van der Waals surface area contributed by atoms with Crippen LogP contribution in [0.5, 0.6) is 0 Å². The van der Waals surface area contributed by atoms with Gasteiger partial charge in [-0.25, -0.2) is 0 Å². The highest BCUT2D eigenvalue weighted by Gasteiger charge is 2.46. The van der Waals surface area contributed by atoms with Crippen LogP contribution < -0.4 is 5.73 Å². The van der Waals surface area contributed by atoms with Gasteiger partial charge in [0.25, 0.3) is 0 Å². The van der Waals surface area contributed by atoms with Crippen molar-refractivity contribution < 1.29 is 13.2 Å². The third-order valence-electron chi connectivity index (χ3n) is 2.49. The maximum atomic E-state index is 12.3. The monoisotopic (exact) mass is 183 g/mol. The normalized spacial score (nSPS) is 16.2. The third kappa shape index (κ3) is 2.66. The topological polar surface area (TPSA) is 26.0 Å². The van der Waals surface area contributed by atoms with Crippen LogP contribution in [0.2, 0.25) is 0 Å². The Morgan fingerprint density at radius 1 is 1.25 bits per heavy atom. The molecule has 0 aromatic heterocycles. The van der Waals surface area contributed by atoms with E-state index in [-0.39, 0.29) is 6.54 Å². The highest BCUT2D eigenvalue weighted by Crippen LogP contribution is 2.40. The van der Waals surface area contributed by atoms with Crippen LogP contribution in [0.1, 0.15) is 27.2 Å². The molecule has 1 unspecified atom stereocenters. The van der Waals surface area contributed by atoms with Gasteiger partial charge in [-0.1, -0.05) is 27.2 Å². The van der Waals surface area contributed by atoms with Gasteiger partial charge in [-0.3, -0.25) is 0 Å². The zero-order chi connectivity index (χ0) is 9.99. The van der Waals surface area contributed by atoms with Gasteiger partial charge in [0.05, 0.1) is 5.92 Å². The number of hydrogen-bond donors (Lipinski definition) is 1. The summed E-state index contributed by atoms with van der Waals surface area (Å²) in [6.45, 7) is 4.61. The van der Waals surface area contributed by atoms with Crippen molar-refractivity contribution in [3.8, 4) is 0 Å². The summed E-state index contributed by atoms with van der Waals surface area (Å²) in [7, 11) is 0. The van der Waals surface area contributed by atoms with E-state index in [0.717, 1.165) is 0 Å². The highest BCUT2D eigenvalue weighted by molar-refractivity contribution is 4.82. The first kappa shape index (κ1) is 11.8. The van der Waals surface area contributed by atoms with Gasteiger partial charge in [-0.2, -0.15) is 13.2 Å². The molecule has 0 spiro atoms. The van der Waals surface area contributed by atoms with Gasteiger partial charge in [0, 0.05) is 6.54 Å². The summed E-state index contributed by atoms with van der Waals surface area (Å²) in [6.07, 6.45) is -3.69. The van der Waals surface area contributed by atoms with Gasteiger partial charge in [0.1, 0.15) is 0 Å². The third-order valence-corrected chi connectivity index (χ3v) is 2.49. The zero-order valence-electron chi connectivity index (χ0n) is 7.70. The second kappa shape index (κ2) is 3.64. The van der Waals surface area contributed by atoms with Crippen LogP contribution in [-0.2, 0) is 0 Å². The Labute approximate surface area is 71.1 Å². The van der Waals surface area contributed by atoms with Gasteiger partial charge in [0.2, 0.25) is 0 Å². The average Bonchev–Trinajstić information content (AvgIpc) is 1.85. The molecule has 0 aliphatic rings. The van der Waals surface area contributed by atoms with Crippen LogP contribution >= 0.6 is 0 Å². The summed E-state index contributed by atoms with van der Waals surface area (Å²) in [4.78, 5) is 0. The number of nitrogens with two attached hydrogens (primary N) is 1. The first-order valence-electron chi connectivity index (χ1n) is 4.02. The van der Waals surface area contributed by atoms with E-state index in [4.69, 9.17) is 5.73 Å². The lowest BCUT2D eigenvalue weighted by Crippen LogP contribution is -2.41. The van der Waals surface area contributed by atoms with Crippen molar-refractivity contribution in [2.75, 3.05) is 6.54 Å². The Bertz CT molecular complexity index is 140. The lowest BCUT2D eigenvalue weighted by Gasteiger charge is -2.33. The maximum Gasteiger partial charge on any atom is 0.393 e. The summed E-state index contributed by atoms with van der Waals surface area (Å²) >= 11 is 0. The van der Waals surface area contributed by atoms with Gasteiger partial charge in [0.15, 0.2) is 0 Å². The molecule has 0 aromatic carbocycles. The molecule has 0 heterocycles. The van der Waals surface area contributed by atoms with Crippen LogP contribution in [0.4, 0.5) is 13.2 Å². The molecule has 0 amide bonds. The minimum absolute atomic E-state index is 0.329. The number of alkyl halides is 3. The van der Waals surface area contributed by atoms with E-state index >= 15 is 0 Å². The molecule has 0 aliphatic heterocycles. The largest absolute Gasteiger partial charge is 0.393 e. The second-order valence-electron chi connectivity index (χ2n) is 3.67. The lowest BCUT2D eigenvalue weighted by molar-refractivity contribution is -0.199. The number of rotatable bonds is 3. The van der Waals surface area contributed by atoms with E-state index in [1.165, 1.54) is 0 Å². The fourth-order valence-electron chi connectivity index (χ4n) is 1.14. The predicted octanol–water partition coefficient (Wildman–Crippen LogP) is 2.56. The summed E-state index contributed by atoms with van der Waals surface area (Å²) in [6, 6.07) is 0. The van der Waals surface area contributed by atoms with Crippen molar-refractivity contribution in [2.45, 2.75) is 33.4 Å². The Morgan fingerprint density at radius 3 is 1.75 bits per heavy atom. The smallest absolute Gasteiger partial charge is 0.330 e. The van der Waals surface area contributed by atoms with E-state index in [0.29, 0.717) is 6.42 Å². The van der Waals surface area contributed by atoms with Crippen molar-refractivity contribution in [1.82, 2.24) is 0 Å². The fraction of sp³-hybridized carbons (Fsp3) is 1.00. The fourth-order valence-corrected chi connectivity index (χ4v) is 1.14. The molecular weight excluding hydrogens is 167 g/mol. The Balaban J connectivity index is 4.56. The van der Waals surface area contributed by atoms with Crippen molar-refractivity contribution in [2.24, 2.45) is 17.1 Å². The van der Waals surface area contributed by atoms with Gasteiger partial charge in [-0.15, -0.1) is 0 Å². The summed E-state index contributed by atoms with van der Waals surface area (Å²) in [5, 5.41) is 0.